The molecule has 5 aromatic carbocycles. The van der Waals surface area contributed by atoms with Crippen LogP contribution in [0.15, 0.2) is 109 Å². The Morgan fingerprint density at radius 3 is 1.17 bits per heavy atom. The molecule has 8 rings (SSSR count). The molecule has 174 valence electrons. The number of benzene rings is 5. The van der Waals surface area contributed by atoms with E-state index in [1.54, 1.807) is 0 Å². The van der Waals surface area contributed by atoms with Crippen LogP contribution in [0.3, 0.4) is 0 Å². The molecule has 2 nitrogen and oxygen atoms in total. The van der Waals surface area contributed by atoms with Crippen LogP contribution in [0.4, 0.5) is 0 Å². The maximum atomic E-state index is 6.26. The zero-order valence-corrected chi connectivity index (χ0v) is 20.4. The second-order valence-electron chi connectivity index (χ2n) is 9.91. The molecular weight excluding hydrogens is 440 g/mol. The van der Waals surface area contributed by atoms with Gasteiger partial charge in [-0.15, -0.1) is 0 Å². The van der Waals surface area contributed by atoms with Crippen molar-refractivity contribution in [3.63, 3.8) is 0 Å². The van der Waals surface area contributed by atoms with Crippen molar-refractivity contribution in [1.82, 2.24) is 0 Å². The monoisotopic (exact) mass is 466 g/mol. The van der Waals surface area contributed by atoms with E-state index in [-0.39, 0.29) is 11.8 Å². The van der Waals surface area contributed by atoms with E-state index in [4.69, 9.17) is 9.47 Å². The molecule has 36 heavy (non-hydrogen) atoms. The van der Waals surface area contributed by atoms with Crippen LogP contribution in [0.2, 0.25) is 0 Å². The summed E-state index contributed by atoms with van der Waals surface area (Å²) in [6.45, 7) is 4.18. The average molecular weight is 467 g/mol. The zero-order valence-electron chi connectivity index (χ0n) is 20.4. The molecular formula is C34H26O2. The minimum Gasteiger partial charge on any atom is -0.457 e. The highest BCUT2D eigenvalue weighted by Gasteiger charge is 2.41. The molecule has 2 atom stereocenters. The normalized spacial score (nSPS) is 16.6. The van der Waals surface area contributed by atoms with Crippen LogP contribution >= 0.6 is 0 Å². The van der Waals surface area contributed by atoms with E-state index in [2.05, 4.69) is 98.8 Å². The molecule has 2 unspecified atom stereocenters. The molecule has 0 amide bonds. The Labute approximate surface area is 211 Å². The minimum absolute atomic E-state index is 0.186. The highest BCUT2D eigenvalue weighted by molar-refractivity contribution is 5.69. The highest BCUT2D eigenvalue weighted by atomic mass is 16.5. The molecule has 5 aromatic rings. The van der Waals surface area contributed by atoms with E-state index >= 15 is 0 Å². The molecule has 0 radical (unpaired) electrons. The van der Waals surface area contributed by atoms with Gasteiger partial charge in [-0.2, -0.15) is 0 Å². The van der Waals surface area contributed by atoms with Gasteiger partial charge in [0.25, 0.3) is 0 Å². The lowest BCUT2D eigenvalue weighted by Gasteiger charge is -2.42. The fourth-order valence-electron chi connectivity index (χ4n) is 5.79. The van der Waals surface area contributed by atoms with Gasteiger partial charge in [-0.05, 0) is 95.8 Å². The number of ether oxygens (including phenoxy) is 2. The molecule has 2 bridgehead atoms. The van der Waals surface area contributed by atoms with Gasteiger partial charge in [-0.1, -0.05) is 71.8 Å². The van der Waals surface area contributed by atoms with Crippen molar-refractivity contribution in [3.8, 4) is 23.0 Å². The summed E-state index contributed by atoms with van der Waals surface area (Å²) in [7, 11) is 0. The van der Waals surface area contributed by atoms with Gasteiger partial charge in [0.15, 0.2) is 0 Å². The Morgan fingerprint density at radius 2 is 0.750 bits per heavy atom. The Hall–Kier alpha value is -4.30. The smallest absolute Gasteiger partial charge is 0.127 e. The molecule has 3 aliphatic carbocycles. The third-order valence-electron chi connectivity index (χ3n) is 7.49. The van der Waals surface area contributed by atoms with E-state index in [9.17, 15) is 0 Å². The van der Waals surface area contributed by atoms with Gasteiger partial charge in [0, 0.05) is 11.8 Å². The van der Waals surface area contributed by atoms with Crippen molar-refractivity contribution in [2.45, 2.75) is 25.7 Å². The summed E-state index contributed by atoms with van der Waals surface area (Å²) in [5.41, 5.74) is 10.6. The Morgan fingerprint density at radius 1 is 0.389 bits per heavy atom. The Bertz CT molecular complexity index is 1470. The van der Waals surface area contributed by atoms with Crippen LogP contribution in [0.1, 0.15) is 56.3 Å². The standard InChI is InChI=1S/C34H26O2/c1-21-7-11-23(12-8-21)35-25-15-17-29-31(19-25)33-27-5-3-4-6-28(27)34(29)32-20-26(16-18-30(32)33)36-24-13-9-22(2)10-14-24/h3-20,33-34H,1-2H3. The van der Waals surface area contributed by atoms with E-state index in [0.717, 1.165) is 23.0 Å². The first-order chi connectivity index (χ1) is 17.6. The quantitative estimate of drug-likeness (QED) is 0.258. The predicted octanol–water partition coefficient (Wildman–Crippen LogP) is 8.88. The first-order valence-corrected chi connectivity index (χ1v) is 12.5. The molecule has 0 spiro atoms. The Balaban J connectivity index is 1.30. The molecule has 2 heteroatoms. The van der Waals surface area contributed by atoms with Crippen molar-refractivity contribution in [1.29, 1.82) is 0 Å². The van der Waals surface area contributed by atoms with Crippen molar-refractivity contribution in [2.24, 2.45) is 0 Å². The second kappa shape index (κ2) is 8.13. The molecule has 0 aliphatic heterocycles. The van der Waals surface area contributed by atoms with Crippen molar-refractivity contribution >= 4 is 0 Å². The van der Waals surface area contributed by atoms with Gasteiger partial charge in [0.1, 0.15) is 23.0 Å². The SMILES string of the molecule is Cc1ccc(Oc2ccc3c(c2)C2c4ccccc4C3c3cc(Oc4ccc(C)cc4)ccc32)cc1. The van der Waals surface area contributed by atoms with Crippen molar-refractivity contribution in [3.05, 3.63) is 154 Å². The van der Waals surface area contributed by atoms with E-state index in [0.29, 0.717) is 0 Å². The van der Waals surface area contributed by atoms with Crippen LogP contribution in [-0.2, 0) is 0 Å². The molecule has 0 fully saturated rings. The maximum Gasteiger partial charge on any atom is 0.127 e. The number of rotatable bonds is 4. The Kier molecular flexibility index (Phi) is 4.75. The van der Waals surface area contributed by atoms with Crippen LogP contribution in [0.5, 0.6) is 23.0 Å². The largest absolute Gasteiger partial charge is 0.457 e. The van der Waals surface area contributed by atoms with Crippen LogP contribution in [0.25, 0.3) is 0 Å². The van der Waals surface area contributed by atoms with Gasteiger partial charge < -0.3 is 9.47 Å². The lowest BCUT2D eigenvalue weighted by atomic mass is 9.61. The molecule has 0 saturated heterocycles. The fourth-order valence-corrected chi connectivity index (χ4v) is 5.79. The fraction of sp³-hybridized carbons (Fsp3) is 0.118. The topological polar surface area (TPSA) is 18.5 Å². The van der Waals surface area contributed by atoms with Crippen LogP contribution in [0, 0.1) is 13.8 Å². The summed E-state index contributed by atoms with van der Waals surface area (Å²) in [6, 6.07) is 38.5. The molecule has 0 saturated carbocycles. The number of hydrogen-bond donors (Lipinski definition) is 0. The summed E-state index contributed by atoms with van der Waals surface area (Å²) >= 11 is 0. The summed E-state index contributed by atoms with van der Waals surface area (Å²) in [4.78, 5) is 0. The summed E-state index contributed by atoms with van der Waals surface area (Å²) in [5, 5.41) is 0. The van der Waals surface area contributed by atoms with Gasteiger partial charge >= 0.3 is 0 Å². The van der Waals surface area contributed by atoms with Crippen molar-refractivity contribution < 1.29 is 9.47 Å². The minimum atomic E-state index is 0.186. The highest BCUT2D eigenvalue weighted by Crippen LogP contribution is 2.56. The summed E-state index contributed by atoms with van der Waals surface area (Å²) in [6.07, 6.45) is 0. The zero-order chi connectivity index (χ0) is 24.2. The number of hydrogen-bond acceptors (Lipinski definition) is 2. The first kappa shape index (κ1) is 21.0. The molecule has 0 heterocycles. The maximum absolute atomic E-state index is 6.26. The lowest BCUT2D eigenvalue weighted by Crippen LogP contribution is -2.27. The van der Waals surface area contributed by atoms with Crippen LogP contribution in [-0.4, -0.2) is 0 Å². The van der Waals surface area contributed by atoms with Gasteiger partial charge in [-0.25, -0.2) is 0 Å². The van der Waals surface area contributed by atoms with Crippen LogP contribution < -0.4 is 9.47 Å². The number of aryl methyl sites for hydroxylation is 2. The van der Waals surface area contributed by atoms with E-state index in [1.165, 1.54) is 44.5 Å². The van der Waals surface area contributed by atoms with E-state index < -0.39 is 0 Å². The lowest BCUT2D eigenvalue weighted by molar-refractivity contribution is 0.478. The molecule has 3 aliphatic rings. The molecule has 0 N–H and O–H groups in total. The second-order valence-corrected chi connectivity index (χ2v) is 9.91. The predicted molar refractivity (Wildman–Crippen MR) is 144 cm³/mol. The van der Waals surface area contributed by atoms with Gasteiger partial charge in [-0.3, -0.25) is 0 Å². The third-order valence-corrected chi connectivity index (χ3v) is 7.49. The van der Waals surface area contributed by atoms with Gasteiger partial charge in [0.2, 0.25) is 0 Å². The van der Waals surface area contributed by atoms with Gasteiger partial charge in [0.05, 0.1) is 0 Å². The average Bonchev–Trinajstić information content (AvgIpc) is 2.91. The van der Waals surface area contributed by atoms with E-state index in [1.807, 2.05) is 24.3 Å². The third kappa shape index (κ3) is 3.41. The summed E-state index contributed by atoms with van der Waals surface area (Å²) in [5.74, 6) is 3.85. The first-order valence-electron chi connectivity index (χ1n) is 12.5. The summed E-state index contributed by atoms with van der Waals surface area (Å²) < 4.78 is 12.5. The van der Waals surface area contributed by atoms with Crippen molar-refractivity contribution in [2.75, 3.05) is 0 Å². The molecule has 0 aromatic heterocycles.